The monoisotopic (exact) mass is 345 g/mol. The van der Waals surface area contributed by atoms with Gasteiger partial charge in [-0.3, -0.25) is 4.99 Å². The average Bonchev–Trinajstić information content (AvgIpc) is 3.04. The molecule has 0 amide bonds. The molecule has 1 atom stereocenters. The molecule has 2 rings (SSSR count). The molecule has 2 aromatic rings. The highest BCUT2D eigenvalue weighted by atomic mass is 16.5. The number of nitrogens with one attached hydrogen (secondary N) is 2. The molecule has 25 heavy (non-hydrogen) atoms. The van der Waals surface area contributed by atoms with Gasteiger partial charge in [-0.25, -0.2) is 0 Å². The Morgan fingerprint density at radius 3 is 2.76 bits per heavy atom. The van der Waals surface area contributed by atoms with Crippen LogP contribution in [0.5, 0.6) is 0 Å². The normalized spacial score (nSPS) is 12.8. The molecular formula is C18H27N5O2. The van der Waals surface area contributed by atoms with Crippen LogP contribution < -0.4 is 10.6 Å². The van der Waals surface area contributed by atoms with Crippen LogP contribution in [0.25, 0.3) is 0 Å². The molecule has 0 saturated carbocycles. The van der Waals surface area contributed by atoms with E-state index in [9.17, 15) is 5.11 Å². The van der Waals surface area contributed by atoms with E-state index >= 15 is 0 Å². The van der Waals surface area contributed by atoms with Crippen LogP contribution in [-0.2, 0) is 6.42 Å². The third-order valence-corrected chi connectivity index (χ3v) is 3.63. The van der Waals surface area contributed by atoms with E-state index in [2.05, 4.69) is 25.8 Å². The summed E-state index contributed by atoms with van der Waals surface area (Å²) in [5.74, 6) is 2.06. The van der Waals surface area contributed by atoms with Gasteiger partial charge in [0, 0.05) is 26.1 Å². The number of aliphatic hydroxyl groups excluding tert-OH is 1. The van der Waals surface area contributed by atoms with Crippen molar-refractivity contribution in [2.45, 2.75) is 39.2 Å². The number of guanidine groups is 1. The first-order valence-corrected chi connectivity index (χ1v) is 8.73. The quantitative estimate of drug-likeness (QED) is 0.365. The fourth-order valence-corrected chi connectivity index (χ4v) is 2.37. The van der Waals surface area contributed by atoms with Gasteiger partial charge in [-0.2, -0.15) is 4.98 Å². The van der Waals surface area contributed by atoms with Gasteiger partial charge in [-0.05, 0) is 32.3 Å². The molecule has 1 heterocycles. The Balaban J connectivity index is 1.71. The summed E-state index contributed by atoms with van der Waals surface area (Å²) in [5.41, 5.74) is 0.932. The summed E-state index contributed by atoms with van der Waals surface area (Å²) < 4.78 is 5.08. The van der Waals surface area contributed by atoms with E-state index in [0.717, 1.165) is 30.9 Å². The molecular weight excluding hydrogens is 318 g/mol. The van der Waals surface area contributed by atoms with Crippen LogP contribution in [0, 0.1) is 6.92 Å². The summed E-state index contributed by atoms with van der Waals surface area (Å²) in [7, 11) is 0. The Labute approximate surface area is 148 Å². The maximum absolute atomic E-state index is 10.2. The summed E-state index contributed by atoms with van der Waals surface area (Å²) in [6, 6.07) is 9.68. The first kappa shape index (κ1) is 18.9. The summed E-state index contributed by atoms with van der Waals surface area (Å²) in [5, 5.41) is 20.4. The molecule has 1 unspecified atom stereocenters. The Morgan fingerprint density at radius 2 is 2.08 bits per heavy atom. The summed E-state index contributed by atoms with van der Waals surface area (Å²) in [6.45, 7) is 5.93. The van der Waals surface area contributed by atoms with Crippen molar-refractivity contribution in [3.8, 4) is 0 Å². The van der Waals surface area contributed by atoms with E-state index in [0.29, 0.717) is 31.2 Å². The Kier molecular flexibility index (Phi) is 7.91. The lowest BCUT2D eigenvalue weighted by molar-refractivity contribution is 0.168. The van der Waals surface area contributed by atoms with E-state index in [1.165, 1.54) is 0 Å². The van der Waals surface area contributed by atoms with Gasteiger partial charge in [0.25, 0.3) is 0 Å². The van der Waals surface area contributed by atoms with Crippen molar-refractivity contribution >= 4 is 5.96 Å². The standard InChI is InChI=1S/C18H27N5O2/c1-3-19-18(20-12-7-10-17-22-14(2)23-25-17)21-13-11-16(24)15-8-5-4-6-9-15/h4-6,8-9,16,24H,3,7,10-13H2,1-2H3,(H2,19,20,21). The number of rotatable bonds is 9. The van der Waals surface area contributed by atoms with Gasteiger partial charge < -0.3 is 20.3 Å². The molecule has 1 aromatic carbocycles. The first-order chi connectivity index (χ1) is 12.2. The van der Waals surface area contributed by atoms with Gasteiger partial charge in [0.15, 0.2) is 11.8 Å². The van der Waals surface area contributed by atoms with Crippen LogP contribution in [0.3, 0.4) is 0 Å². The first-order valence-electron chi connectivity index (χ1n) is 8.73. The highest BCUT2D eigenvalue weighted by Crippen LogP contribution is 2.14. The molecule has 0 aliphatic heterocycles. The summed E-state index contributed by atoms with van der Waals surface area (Å²) in [4.78, 5) is 8.70. The van der Waals surface area contributed by atoms with Gasteiger partial charge in [-0.15, -0.1) is 0 Å². The predicted molar refractivity (Wildman–Crippen MR) is 97.4 cm³/mol. The number of aromatic nitrogens is 2. The molecule has 3 N–H and O–H groups in total. The third-order valence-electron chi connectivity index (χ3n) is 3.63. The van der Waals surface area contributed by atoms with Crippen molar-refractivity contribution in [1.82, 2.24) is 20.8 Å². The van der Waals surface area contributed by atoms with Crippen molar-refractivity contribution in [2.75, 3.05) is 19.6 Å². The van der Waals surface area contributed by atoms with E-state index in [1.54, 1.807) is 0 Å². The third kappa shape index (κ3) is 6.93. The molecule has 0 saturated heterocycles. The zero-order chi connectivity index (χ0) is 17.9. The highest BCUT2D eigenvalue weighted by molar-refractivity contribution is 5.79. The van der Waals surface area contributed by atoms with Crippen molar-refractivity contribution < 1.29 is 9.63 Å². The lowest BCUT2D eigenvalue weighted by Gasteiger charge is -2.14. The minimum Gasteiger partial charge on any atom is -0.388 e. The van der Waals surface area contributed by atoms with Crippen molar-refractivity contribution in [2.24, 2.45) is 4.99 Å². The SMILES string of the molecule is CCNC(=NCCCc1nc(C)no1)NCCC(O)c1ccccc1. The van der Waals surface area contributed by atoms with Gasteiger partial charge in [0.1, 0.15) is 0 Å². The lowest BCUT2D eigenvalue weighted by Crippen LogP contribution is -2.38. The summed E-state index contributed by atoms with van der Waals surface area (Å²) >= 11 is 0. The predicted octanol–water partition coefficient (Wildman–Crippen LogP) is 1.99. The van der Waals surface area contributed by atoms with Crippen LogP contribution in [0.4, 0.5) is 0 Å². The van der Waals surface area contributed by atoms with Gasteiger partial charge in [-0.1, -0.05) is 35.5 Å². The molecule has 7 heteroatoms. The molecule has 7 nitrogen and oxygen atoms in total. The van der Waals surface area contributed by atoms with Crippen molar-refractivity contribution in [3.63, 3.8) is 0 Å². The molecule has 1 aromatic heterocycles. The molecule has 0 fully saturated rings. The Morgan fingerprint density at radius 1 is 1.28 bits per heavy atom. The second-order valence-corrected chi connectivity index (χ2v) is 5.74. The number of aryl methyl sites for hydroxylation is 2. The van der Waals surface area contributed by atoms with E-state index in [-0.39, 0.29) is 0 Å². The number of benzene rings is 1. The Bertz CT molecular complexity index is 642. The second-order valence-electron chi connectivity index (χ2n) is 5.74. The molecule has 0 bridgehead atoms. The Hall–Kier alpha value is -2.41. The lowest BCUT2D eigenvalue weighted by atomic mass is 10.1. The van der Waals surface area contributed by atoms with Gasteiger partial charge in [0.05, 0.1) is 6.10 Å². The van der Waals surface area contributed by atoms with Crippen molar-refractivity contribution in [3.05, 3.63) is 47.6 Å². The van der Waals surface area contributed by atoms with Crippen molar-refractivity contribution in [1.29, 1.82) is 0 Å². The number of hydrogen-bond acceptors (Lipinski definition) is 5. The van der Waals surface area contributed by atoms with Crippen LogP contribution in [0.2, 0.25) is 0 Å². The van der Waals surface area contributed by atoms with Crippen LogP contribution in [0.15, 0.2) is 39.8 Å². The van der Waals surface area contributed by atoms with E-state index < -0.39 is 6.10 Å². The van der Waals surface area contributed by atoms with E-state index in [1.807, 2.05) is 44.2 Å². The zero-order valence-corrected chi connectivity index (χ0v) is 14.9. The number of hydrogen-bond donors (Lipinski definition) is 3. The topological polar surface area (TPSA) is 95.6 Å². The van der Waals surface area contributed by atoms with Gasteiger partial charge >= 0.3 is 0 Å². The average molecular weight is 345 g/mol. The fraction of sp³-hybridized carbons (Fsp3) is 0.500. The largest absolute Gasteiger partial charge is 0.388 e. The minimum atomic E-state index is -0.475. The maximum atomic E-state index is 10.2. The highest BCUT2D eigenvalue weighted by Gasteiger charge is 2.07. The maximum Gasteiger partial charge on any atom is 0.226 e. The number of aliphatic hydroxyl groups is 1. The molecule has 0 radical (unpaired) electrons. The van der Waals surface area contributed by atoms with Crippen LogP contribution >= 0.6 is 0 Å². The molecule has 0 aliphatic rings. The van der Waals surface area contributed by atoms with Gasteiger partial charge in [0.2, 0.25) is 5.89 Å². The second kappa shape index (κ2) is 10.5. The number of aliphatic imine (C=N–C) groups is 1. The molecule has 0 spiro atoms. The van der Waals surface area contributed by atoms with Crippen LogP contribution in [-0.4, -0.2) is 40.8 Å². The van der Waals surface area contributed by atoms with E-state index in [4.69, 9.17) is 4.52 Å². The fourth-order valence-electron chi connectivity index (χ4n) is 2.37. The summed E-state index contributed by atoms with van der Waals surface area (Å²) in [6.07, 6.45) is 1.70. The molecule has 136 valence electrons. The van der Waals surface area contributed by atoms with Crippen LogP contribution in [0.1, 0.15) is 43.1 Å². The minimum absolute atomic E-state index is 0.475. The molecule has 0 aliphatic carbocycles. The number of nitrogens with zero attached hydrogens (tertiary/aromatic N) is 3. The smallest absolute Gasteiger partial charge is 0.226 e. The zero-order valence-electron chi connectivity index (χ0n) is 14.9.